The van der Waals surface area contributed by atoms with Crippen LogP contribution in [0, 0.1) is 11.8 Å². The third kappa shape index (κ3) is 4.00. The summed E-state index contributed by atoms with van der Waals surface area (Å²) in [6.45, 7) is 7.34. The Morgan fingerprint density at radius 3 is 2.71 bits per heavy atom. The summed E-state index contributed by atoms with van der Waals surface area (Å²) < 4.78 is 0. The highest BCUT2D eigenvalue weighted by atomic mass is 15.1. The van der Waals surface area contributed by atoms with Gasteiger partial charge in [-0.05, 0) is 44.7 Å². The molecule has 0 aromatic carbocycles. The van der Waals surface area contributed by atoms with Crippen LogP contribution >= 0.6 is 0 Å². The van der Waals surface area contributed by atoms with Gasteiger partial charge in [0, 0.05) is 6.54 Å². The van der Waals surface area contributed by atoms with E-state index < -0.39 is 0 Å². The highest BCUT2D eigenvalue weighted by molar-refractivity contribution is 4.73. The van der Waals surface area contributed by atoms with Crippen LogP contribution in [0.2, 0.25) is 0 Å². The standard InChI is InChI=1S/C13H27N/c1-4-7-12(5-2)10-13-8-6-9-14(3)11-13/h12-13H,4-11H2,1-3H3. The summed E-state index contributed by atoms with van der Waals surface area (Å²) in [6, 6.07) is 0. The van der Waals surface area contributed by atoms with Crippen molar-refractivity contribution in [2.45, 2.75) is 52.4 Å². The summed E-state index contributed by atoms with van der Waals surface area (Å²) in [5, 5.41) is 0. The van der Waals surface area contributed by atoms with Crippen molar-refractivity contribution in [1.29, 1.82) is 0 Å². The highest BCUT2D eigenvalue weighted by Gasteiger charge is 2.19. The summed E-state index contributed by atoms with van der Waals surface area (Å²) in [6.07, 6.45) is 8.56. The fourth-order valence-corrected chi connectivity index (χ4v) is 2.83. The molecule has 0 radical (unpaired) electrons. The Morgan fingerprint density at radius 2 is 2.14 bits per heavy atom. The molecule has 0 bridgehead atoms. The molecule has 1 heteroatoms. The number of rotatable bonds is 5. The molecule has 0 amide bonds. The topological polar surface area (TPSA) is 3.24 Å². The first kappa shape index (κ1) is 12.0. The minimum atomic E-state index is 0.991. The van der Waals surface area contributed by atoms with E-state index in [2.05, 4.69) is 25.8 Å². The maximum Gasteiger partial charge on any atom is 0.000672 e. The first-order chi connectivity index (χ1) is 6.76. The van der Waals surface area contributed by atoms with Crippen molar-refractivity contribution >= 4 is 0 Å². The van der Waals surface area contributed by atoms with Crippen LogP contribution in [0.3, 0.4) is 0 Å². The lowest BCUT2D eigenvalue weighted by Gasteiger charge is -2.31. The molecule has 1 rings (SSSR count). The third-order valence-corrected chi connectivity index (χ3v) is 3.66. The summed E-state index contributed by atoms with van der Waals surface area (Å²) >= 11 is 0. The van der Waals surface area contributed by atoms with Crippen LogP contribution in [0.5, 0.6) is 0 Å². The largest absolute Gasteiger partial charge is 0.306 e. The molecule has 2 unspecified atom stereocenters. The van der Waals surface area contributed by atoms with Gasteiger partial charge < -0.3 is 4.90 Å². The van der Waals surface area contributed by atoms with E-state index in [9.17, 15) is 0 Å². The van der Waals surface area contributed by atoms with Gasteiger partial charge in [-0.2, -0.15) is 0 Å². The molecular formula is C13H27N. The van der Waals surface area contributed by atoms with E-state index in [0.29, 0.717) is 0 Å². The molecule has 0 aromatic rings. The average Bonchev–Trinajstić information content (AvgIpc) is 2.17. The first-order valence-electron chi connectivity index (χ1n) is 6.44. The molecule has 2 atom stereocenters. The van der Waals surface area contributed by atoms with Gasteiger partial charge in [-0.1, -0.05) is 33.1 Å². The molecule has 1 heterocycles. The predicted molar refractivity (Wildman–Crippen MR) is 63.5 cm³/mol. The van der Waals surface area contributed by atoms with Crippen LogP contribution in [0.25, 0.3) is 0 Å². The van der Waals surface area contributed by atoms with E-state index in [-0.39, 0.29) is 0 Å². The van der Waals surface area contributed by atoms with E-state index in [4.69, 9.17) is 0 Å². The van der Waals surface area contributed by atoms with Crippen molar-refractivity contribution in [3.8, 4) is 0 Å². The number of likely N-dealkylation sites (tertiary alicyclic amines) is 1. The summed E-state index contributed by atoms with van der Waals surface area (Å²) in [4.78, 5) is 2.51. The lowest BCUT2D eigenvalue weighted by atomic mass is 9.85. The molecule has 1 aliphatic rings. The van der Waals surface area contributed by atoms with Gasteiger partial charge in [-0.15, -0.1) is 0 Å². The number of piperidine rings is 1. The van der Waals surface area contributed by atoms with Crippen molar-refractivity contribution < 1.29 is 0 Å². The van der Waals surface area contributed by atoms with Crippen LogP contribution in [0.4, 0.5) is 0 Å². The monoisotopic (exact) mass is 197 g/mol. The molecule has 0 N–H and O–H groups in total. The molecule has 0 saturated carbocycles. The normalized spacial score (nSPS) is 26.4. The maximum absolute atomic E-state index is 2.51. The average molecular weight is 197 g/mol. The van der Waals surface area contributed by atoms with E-state index >= 15 is 0 Å². The molecule has 0 aliphatic carbocycles. The zero-order valence-corrected chi connectivity index (χ0v) is 10.3. The molecule has 1 saturated heterocycles. The Morgan fingerprint density at radius 1 is 1.36 bits per heavy atom. The van der Waals surface area contributed by atoms with Gasteiger partial charge in [0.2, 0.25) is 0 Å². The van der Waals surface area contributed by atoms with Crippen molar-refractivity contribution in [2.75, 3.05) is 20.1 Å². The van der Waals surface area contributed by atoms with Crippen molar-refractivity contribution in [3.05, 3.63) is 0 Å². The van der Waals surface area contributed by atoms with Crippen LogP contribution in [0.15, 0.2) is 0 Å². The van der Waals surface area contributed by atoms with Crippen LogP contribution in [-0.2, 0) is 0 Å². The van der Waals surface area contributed by atoms with E-state index in [0.717, 1.165) is 11.8 Å². The lowest BCUT2D eigenvalue weighted by Crippen LogP contribution is -2.32. The van der Waals surface area contributed by atoms with Gasteiger partial charge >= 0.3 is 0 Å². The molecule has 14 heavy (non-hydrogen) atoms. The molecule has 84 valence electrons. The minimum Gasteiger partial charge on any atom is -0.306 e. The second-order valence-corrected chi connectivity index (χ2v) is 5.07. The SMILES string of the molecule is CCCC(CC)CC1CCCN(C)C1. The Balaban J connectivity index is 2.26. The molecule has 0 aromatic heterocycles. The second kappa shape index (κ2) is 6.44. The zero-order valence-electron chi connectivity index (χ0n) is 10.3. The van der Waals surface area contributed by atoms with E-state index in [1.54, 1.807) is 0 Å². The van der Waals surface area contributed by atoms with Crippen molar-refractivity contribution in [1.82, 2.24) is 4.90 Å². The lowest BCUT2D eigenvalue weighted by molar-refractivity contribution is 0.180. The number of nitrogens with zero attached hydrogens (tertiary/aromatic N) is 1. The van der Waals surface area contributed by atoms with Gasteiger partial charge in [-0.3, -0.25) is 0 Å². The van der Waals surface area contributed by atoms with Gasteiger partial charge in [0.1, 0.15) is 0 Å². The maximum atomic E-state index is 2.51. The predicted octanol–water partition coefficient (Wildman–Crippen LogP) is 3.54. The summed E-state index contributed by atoms with van der Waals surface area (Å²) in [5.41, 5.74) is 0. The fraction of sp³-hybridized carbons (Fsp3) is 1.00. The smallest absolute Gasteiger partial charge is 0.000672 e. The van der Waals surface area contributed by atoms with Gasteiger partial charge in [0.05, 0.1) is 0 Å². The third-order valence-electron chi connectivity index (χ3n) is 3.66. The van der Waals surface area contributed by atoms with Crippen molar-refractivity contribution in [3.63, 3.8) is 0 Å². The quantitative estimate of drug-likeness (QED) is 0.651. The Bertz CT molecular complexity index is 144. The van der Waals surface area contributed by atoms with Gasteiger partial charge in [0.25, 0.3) is 0 Å². The van der Waals surface area contributed by atoms with Crippen LogP contribution in [0.1, 0.15) is 52.4 Å². The number of hydrogen-bond acceptors (Lipinski definition) is 1. The summed E-state index contributed by atoms with van der Waals surface area (Å²) in [7, 11) is 2.27. The zero-order chi connectivity index (χ0) is 10.4. The molecule has 1 nitrogen and oxygen atoms in total. The molecule has 1 aliphatic heterocycles. The van der Waals surface area contributed by atoms with Gasteiger partial charge in [0.15, 0.2) is 0 Å². The molecular weight excluding hydrogens is 170 g/mol. The minimum absolute atomic E-state index is 0.991. The second-order valence-electron chi connectivity index (χ2n) is 5.07. The first-order valence-corrected chi connectivity index (χ1v) is 6.44. The Labute approximate surface area is 89.9 Å². The Hall–Kier alpha value is -0.0400. The van der Waals surface area contributed by atoms with Crippen LogP contribution in [-0.4, -0.2) is 25.0 Å². The number of hydrogen-bond donors (Lipinski definition) is 0. The Kier molecular flexibility index (Phi) is 5.54. The fourth-order valence-electron chi connectivity index (χ4n) is 2.83. The highest BCUT2D eigenvalue weighted by Crippen LogP contribution is 2.26. The van der Waals surface area contributed by atoms with Gasteiger partial charge in [-0.25, -0.2) is 0 Å². The van der Waals surface area contributed by atoms with Crippen molar-refractivity contribution in [2.24, 2.45) is 11.8 Å². The molecule has 0 spiro atoms. The summed E-state index contributed by atoms with van der Waals surface area (Å²) in [5.74, 6) is 1.99. The van der Waals surface area contributed by atoms with E-state index in [1.807, 2.05) is 0 Å². The van der Waals surface area contributed by atoms with E-state index in [1.165, 1.54) is 51.6 Å². The van der Waals surface area contributed by atoms with Crippen LogP contribution < -0.4 is 0 Å². The molecule has 1 fully saturated rings.